The van der Waals surface area contributed by atoms with Crippen molar-refractivity contribution in [2.24, 2.45) is 0 Å². The Labute approximate surface area is 148 Å². The van der Waals surface area contributed by atoms with Gasteiger partial charge in [0.2, 0.25) is 0 Å². The topological polar surface area (TPSA) is 18.5 Å². The molecular weight excluding hydrogens is 385 g/mol. The fraction of sp³-hybridized carbons (Fsp3) is 0.125. The Balaban J connectivity index is 1.89. The summed E-state index contributed by atoms with van der Waals surface area (Å²) in [4.78, 5) is 4.17. The van der Waals surface area contributed by atoms with E-state index in [2.05, 4.69) is 43.2 Å². The van der Waals surface area contributed by atoms with Crippen molar-refractivity contribution in [3.8, 4) is 0 Å². The molecule has 0 fully saturated rings. The molecule has 1 heterocycles. The summed E-state index contributed by atoms with van der Waals surface area (Å²) in [5, 5.41) is 4.61. The second kappa shape index (κ2) is 6.41. The fourth-order valence-corrected chi connectivity index (χ4v) is 3.08. The molecule has 3 nitrogen and oxygen atoms in total. The highest BCUT2D eigenvalue weighted by atomic mass is 79.9. The molecule has 114 valence electrons. The minimum absolute atomic E-state index is 0.0985. The lowest BCUT2D eigenvalue weighted by molar-refractivity contribution is 0.392. The number of nitrogens with one attached hydrogen (secondary N) is 1. The van der Waals surface area contributed by atoms with E-state index in [4.69, 9.17) is 23.2 Å². The van der Waals surface area contributed by atoms with Crippen LogP contribution in [0.2, 0.25) is 10.0 Å². The number of benzene rings is 2. The summed E-state index contributed by atoms with van der Waals surface area (Å²) in [6.07, 6.45) is 3.93. The number of nitrogens with zero attached hydrogens (tertiary/aromatic N) is 2. The summed E-state index contributed by atoms with van der Waals surface area (Å²) < 4.78 is 1.05. The van der Waals surface area contributed by atoms with Crippen molar-refractivity contribution in [1.29, 1.82) is 0 Å². The first-order chi connectivity index (χ1) is 10.6. The van der Waals surface area contributed by atoms with Gasteiger partial charge in [-0.25, -0.2) is 0 Å². The van der Waals surface area contributed by atoms with Crippen LogP contribution in [-0.4, -0.2) is 18.2 Å². The van der Waals surface area contributed by atoms with Crippen LogP contribution >= 0.6 is 39.1 Å². The minimum Gasteiger partial charge on any atom is -0.345 e. The predicted molar refractivity (Wildman–Crippen MR) is 97.4 cm³/mol. The number of hydrogen-bond donors (Lipinski definition) is 1. The molecule has 0 radical (unpaired) electrons. The van der Waals surface area contributed by atoms with E-state index in [1.54, 1.807) is 0 Å². The zero-order valence-electron chi connectivity index (χ0n) is 11.8. The second-order valence-corrected chi connectivity index (χ2v) is 6.69. The standard InChI is InChI=1S/C16H14BrCl2N3/c1-21-9-10-22(12-7-5-11(17)6-8-12)16(21)20-15-13(18)3-2-4-14(15)19/h2-10,16,20H,1H3. The monoisotopic (exact) mass is 397 g/mol. The van der Waals surface area contributed by atoms with Crippen molar-refractivity contribution in [2.45, 2.75) is 6.29 Å². The molecule has 6 heteroatoms. The number of rotatable bonds is 3. The van der Waals surface area contributed by atoms with Gasteiger partial charge in [0.25, 0.3) is 0 Å². The van der Waals surface area contributed by atoms with E-state index in [0.29, 0.717) is 10.0 Å². The largest absolute Gasteiger partial charge is 0.345 e. The number of para-hydroxylation sites is 1. The number of anilines is 2. The quantitative estimate of drug-likeness (QED) is 0.749. The fourth-order valence-electron chi connectivity index (χ4n) is 2.31. The van der Waals surface area contributed by atoms with Gasteiger partial charge in [-0.3, -0.25) is 0 Å². The third-order valence-electron chi connectivity index (χ3n) is 3.47. The van der Waals surface area contributed by atoms with Crippen molar-refractivity contribution in [1.82, 2.24) is 4.90 Å². The van der Waals surface area contributed by atoms with E-state index in [1.165, 1.54) is 0 Å². The van der Waals surface area contributed by atoms with E-state index in [-0.39, 0.29) is 6.29 Å². The molecule has 0 amide bonds. The van der Waals surface area contributed by atoms with Gasteiger partial charge in [-0.1, -0.05) is 45.2 Å². The molecule has 3 rings (SSSR count). The number of halogens is 3. The molecule has 1 unspecified atom stereocenters. The molecule has 0 saturated carbocycles. The summed E-state index contributed by atoms with van der Waals surface area (Å²) in [6.45, 7) is 0. The van der Waals surface area contributed by atoms with Crippen molar-refractivity contribution in [2.75, 3.05) is 17.3 Å². The molecule has 1 N–H and O–H groups in total. The van der Waals surface area contributed by atoms with Crippen LogP contribution in [0.5, 0.6) is 0 Å². The average molecular weight is 399 g/mol. The maximum absolute atomic E-state index is 6.26. The molecule has 22 heavy (non-hydrogen) atoms. The molecule has 0 aliphatic carbocycles. The molecule has 1 aliphatic heterocycles. The summed E-state index contributed by atoms with van der Waals surface area (Å²) in [6, 6.07) is 13.6. The lowest BCUT2D eigenvalue weighted by atomic mass is 10.3. The van der Waals surface area contributed by atoms with Crippen LogP contribution in [0.1, 0.15) is 0 Å². The third-order valence-corrected chi connectivity index (χ3v) is 4.63. The molecule has 1 atom stereocenters. The van der Waals surface area contributed by atoms with Crippen molar-refractivity contribution >= 4 is 50.5 Å². The SMILES string of the molecule is CN1C=CN(c2ccc(Br)cc2)C1Nc1c(Cl)cccc1Cl. The van der Waals surface area contributed by atoms with Gasteiger partial charge in [0.1, 0.15) is 0 Å². The van der Waals surface area contributed by atoms with Crippen LogP contribution in [0.15, 0.2) is 59.3 Å². The summed E-state index contributed by atoms with van der Waals surface area (Å²) in [5.41, 5.74) is 1.80. The van der Waals surface area contributed by atoms with Crippen molar-refractivity contribution < 1.29 is 0 Å². The predicted octanol–water partition coefficient (Wildman–Crippen LogP) is 5.37. The van der Waals surface area contributed by atoms with Crippen LogP contribution in [0.25, 0.3) is 0 Å². The third kappa shape index (κ3) is 3.05. The van der Waals surface area contributed by atoms with Gasteiger partial charge in [0.05, 0.1) is 15.7 Å². The molecule has 1 aliphatic rings. The van der Waals surface area contributed by atoms with Crippen LogP contribution in [0, 0.1) is 0 Å². The van der Waals surface area contributed by atoms with Gasteiger partial charge in [0.15, 0.2) is 6.29 Å². The molecule has 0 aromatic heterocycles. The minimum atomic E-state index is -0.0985. The highest BCUT2D eigenvalue weighted by Crippen LogP contribution is 2.33. The van der Waals surface area contributed by atoms with Crippen LogP contribution in [0.4, 0.5) is 11.4 Å². The normalized spacial score (nSPS) is 17.2. The van der Waals surface area contributed by atoms with Crippen LogP contribution < -0.4 is 10.2 Å². The first kappa shape index (κ1) is 15.5. The van der Waals surface area contributed by atoms with E-state index in [0.717, 1.165) is 15.8 Å². The van der Waals surface area contributed by atoms with E-state index in [1.807, 2.05) is 49.8 Å². The zero-order chi connectivity index (χ0) is 15.7. The Morgan fingerprint density at radius 3 is 2.27 bits per heavy atom. The zero-order valence-corrected chi connectivity index (χ0v) is 14.9. The molecule has 0 spiro atoms. The van der Waals surface area contributed by atoms with Gasteiger partial charge < -0.3 is 15.1 Å². The van der Waals surface area contributed by atoms with Crippen molar-refractivity contribution in [3.05, 3.63) is 69.4 Å². The lowest BCUT2D eigenvalue weighted by Gasteiger charge is -2.32. The van der Waals surface area contributed by atoms with Gasteiger partial charge in [0, 0.05) is 29.6 Å². The van der Waals surface area contributed by atoms with Crippen LogP contribution in [-0.2, 0) is 0 Å². The molecule has 0 bridgehead atoms. The van der Waals surface area contributed by atoms with E-state index >= 15 is 0 Å². The Morgan fingerprint density at radius 2 is 1.64 bits per heavy atom. The molecular formula is C16H14BrCl2N3. The van der Waals surface area contributed by atoms with Gasteiger partial charge in [-0.05, 0) is 36.4 Å². The maximum Gasteiger partial charge on any atom is 0.182 e. The molecule has 0 saturated heterocycles. The Morgan fingerprint density at radius 1 is 1.00 bits per heavy atom. The van der Waals surface area contributed by atoms with Crippen molar-refractivity contribution in [3.63, 3.8) is 0 Å². The summed E-state index contributed by atoms with van der Waals surface area (Å²) >= 11 is 16.0. The second-order valence-electron chi connectivity index (χ2n) is 4.96. The Hall–Kier alpha value is -1.36. The first-order valence-corrected chi connectivity index (χ1v) is 8.26. The van der Waals surface area contributed by atoms with Gasteiger partial charge in [-0.15, -0.1) is 0 Å². The van der Waals surface area contributed by atoms with E-state index < -0.39 is 0 Å². The summed E-state index contributed by atoms with van der Waals surface area (Å²) in [7, 11) is 2.00. The van der Waals surface area contributed by atoms with E-state index in [9.17, 15) is 0 Å². The first-order valence-electron chi connectivity index (χ1n) is 6.71. The number of hydrogen-bond acceptors (Lipinski definition) is 3. The van der Waals surface area contributed by atoms with Crippen LogP contribution in [0.3, 0.4) is 0 Å². The molecule has 2 aromatic rings. The maximum atomic E-state index is 6.26. The average Bonchev–Trinajstić information content (AvgIpc) is 2.85. The Kier molecular flexibility index (Phi) is 4.52. The molecule has 2 aromatic carbocycles. The lowest BCUT2D eigenvalue weighted by Crippen LogP contribution is -2.43. The highest BCUT2D eigenvalue weighted by Gasteiger charge is 2.26. The highest BCUT2D eigenvalue weighted by molar-refractivity contribution is 9.10. The Bertz CT molecular complexity index is 683. The summed E-state index contributed by atoms with van der Waals surface area (Å²) in [5.74, 6) is 0. The smallest absolute Gasteiger partial charge is 0.182 e. The van der Waals surface area contributed by atoms with Gasteiger partial charge >= 0.3 is 0 Å². The van der Waals surface area contributed by atoms with Gasteiger partial charge in [-0.2, -0.15) is 0 Å².